The van der Waals surface area contributed by atoms with E-state index in [0.717, 1.165) is 51.4 Å². The van der Waals surface area contributed by atoms with Crippen molar-refractivity contribution in [3.05, 3.63) is 0 Å². The third-order valence-electron chi connectivity index (χ3n) is 3.98. The van der Waals surface area contributed by atoms with Crippen molar-refractivity contribution in [1.29, 1.82) is 5.26 Å². The van der Waals surface area contributed by atoms with Gasteiger partial charge >= 0.3 is 0 Å². The molecule has 96 valence electrons. The highest BCUT2D eigenvalue weighted by molar-refractivity contribution is 7.90. The first kappa shape index (κ1) is 12.8. The lowest BCUT2D eigenvalue weighted by molar-refractivity contribution is 0.360. The Morgan fingerprint density at radius 2 is 1.59 bits per heavy atom. The molecule has 0 aromatic heterocycles. The molecule has 0 heterocycles. The lowest BCUT2D eigenvalue weighted by atomic mass is 9.88. The van der Waals surface area contributed by atoms with E-state index in [-0.39, 0.29) is 17.2 Å². The van der Waals surface area contributed by atoms with E-state index in [1.807, 2.05) is 0 Å². The SMILES string of the molecule is N#CC1CCC(NS(=O)(=O)C2CCCC2)CC1. The van der Waals surface area contributed by atoms with Gasteiger partial charge in [-0.15, -0.1) is 0 Å². The Kier molecular flexibility index (Phi) is 4.05. The van der Waals surface area contributed by atoms with Gasteiger partial charge < -0.3 is 0 Å². The first-order valence-corrected chi connectivity index (χ1v) is 8.07. The van der Waals surface area contributed by atoms with Gasteiger partial charge in [0.05, 0.1) is 11.3 Å². The molecule has 0 amide bonds. The van der Waals surface area contributed by atoms with E-state index >= 15 is 0 Å². The zero-order valence-electron chi connectivity index (χ0n) is 10.1. The van der Waals surface area contributed by atoms with Gasteiger partial charge in [0, 0.05) is 12.0 Å². The van der Waals surface area contributed by atoms with E-state index in [2.05, 4.69) is 10.8 Å². The molecular weight excluding hydrogens is 236 g/mol. The Hall–Kier alpha value is -0.600. The molecule has 17 heavy (non-hydrogen) atoms. The van der Waals surface area contributed by atoms with E-state index < -0.39 is 10.0 Å². The van der Waals surface area contributed by atoms with Crippen LogP contribution in [0.3, 0.4) is 0 Å². The number of sulfonamides is 1. The molecule has 2 aliphatic carbocycles. The average molecular weight is 256 g/mol. The zero-order valence-corrected chi connectivity index (χ0v) is 10.9. The van der Waals surface area contributed by atoms with Crippen molar-refractivity contribution in [2.75, 3.05) is 0 Å². The molecule has 2 aliphatic rings. The minimum absolute atomic E-state index is 0.0604. The lowest BCUT2D eigenvalue weighted by Crippen LogP contribution is -2.41. The van der Waals surface area contributed by atoms with Crippen LogP contribution >= 0.6 is 0 Å². The minimum atomic E-state index is -3.12. The molecular formula is C12H20N2O2S. The third-order valence-corrected chi connectivity index (χ3v) is 5.99. The minimum Gasteiger partial charge on any atom is -0.212 e. The maximum atomic E-state index is 12.1. The highest BCUT2D eigenvalue weighted by Gasteiger charge is 2.32. The van der Waals surface area contributed by atoms with Crippen LogP contribution in [0.4, 0.5) is 0 Å². The molecule has 0 radical (unpaired) electrons. The van der Waals surface area contributed by atoms with Gasteiger partial charge in [-0.1, -0.05) is 12.8 Å². The number of nitrogens with zero attached hydrogens (tertiary/aromatic N) is 1. The fourth-order valence-electron chi connectivity index (χ4n) is 2.87. The quantitative estimate of drug-likeness (QED) is 0.838. The number of nitrogens with one attached hydrogen (secondary N) is 1. The van der Waals surface area contributed by atoms with Gasteiger partial charge in [-0.05, 0) is 38.5 Å². The van der Waals surface area contributed by atoms with Gasteiger partial charge in [-0.3, -0.25) is 0 Å². The molecule has 0 aromatic rings. The van der Waals surface area contributed by atoms with Crippen LogP contribution in [0, 0.1) is 17.2 Å². The van der Waals surface area contributed by atoms with Crippen molar-refractivity contribution >= 4 is 10.0 Å². The second-order valence-electron chi connectivity index (χ2n) is 5.25. The van der Waals surface area contributed by atoms with Gasteiger partial charge in [0.25, 0.3) is 0 Å². The number of hydrogen-bond donors (Lipinski definition) is 1. The molecule has 0 saturated heterocycles. The maximum absolute atomic E-state index is 12.1. The first-order valence-electron chi connectivity index (χ1n) is 6.52. The second-order valence-corrected chi connectivity index (χ2v) is 7.24. The van der Waals surface area contributed by atoms with E-state index in [9.17, 15) is 8.42 Å². The van der Waals surface area contributed by atoms with E-state index in [1.54, 1.807) is 0 Å². The monoisotopic (exact) mass is 256 g/mol. The number of rotatable bonds is 3. The lowest BCUT2D eigenvalue weighted by Gasteiger charge is -2.26. The normalized spacial score (nSPS) is 31.2. The van der Waals surface area contributed by atoms with Gasteiger partial charge in [0.2, 0.25) is 10.0 Å². The molecule has 0 atom stereocenters. The Morgan fingerprint density at radius 1 is 1.00 bits per heavy atom. The molecule has 0 unspecified atom stereocenters. The van der Waals surface area contributed by atoms with Gasteiger partial charge in [-0.2, -0.15) is 5.26 Å². The second kappa shape index (κ2) is 5.36. The molecule has 2 fully saturated rings. The predicted octanol–water partition coefficient (Wildman–Crippen LogP) is 1.93. The molecule has 5 heteroatoms. The molecule has 2 rings (SSSR count). The van der Waals surface area contributed by atoms with Crippen LogP contribution in [0.25, 0.3) is 0 Å². The van der Waals surface area contributed by atoms with Crippen molar-refractivity contribution in [3.8, 4) is 6.07 Å². The molecule has 4 nitrogen and oxygen atoms in total. The van der Waals surface area contributed by atoms with Crippen LogP contribution in [-0.4, -0.2) is 19.7 Å². The Morgan fingerprint density at radius 3 is 2.12 bits per heavy atom. The zero-order chi connectivity index (χ0) is 12.3. The van der Waals surface area contributed by atoms with Gasteiger partial charge in [-0.25, -0.2) is 13.1 Å². The van der Waals surface area contributed by atoms with Crippen LogP contribution in [0.15, 0.2) is 0 Å². The van der Waals surface area contributed by atoms with Gasteiger partial charge in [0.15, 0.2) is 0 Å². The van der Waals surface area contributed by atoms with Crippen LogP contribution in [0.2, 0.25) is 0 Å². The summed E-state index contributed by atoms with van der Waals surface area (Å²) in [5.74, 6) is 0.127. The summed E-state index contributed by atoms with van der Waals surface area (Å²) in [6.45, 7) is 0. The molecule has 0 spiro atoms. The fraction of sp³-hybridized carbons (Fsp3) is 0.917. The maximum Gasteiger partial charge on any atom is 0.214 e. The van der Waals surface area contributed by atoms with Crippen LogP contribution in [0.1, 0.15) is 51.4 Å². The summed E-state index contributed by atoms with van der Waals surface area (Å²) in [7, 11) is -3.12. The third kappa shape index (κ3) is 3.20. The van der Waals surface area contributed by atoms with Crippen molar-refractivity contribution < 1.29 is 8.42 Å². The summed E-state index contributed by atoms with van der Waals surface area (Å²) in [6.07, 6.45) is 6.96. The van der Waals surface area contributed by atoms with E-state index in [0.29, 0.717) is 0 Å². The summed E-state index contributed by atoms with van der Waals surface area (Å²) in [5, 5.41) is 8.62. The predicted molar refractivity (Wildman–Crippen MR) is 65.7 cm³/mol. The molecule has 0 bridgehead atoms. The molecule has 0 aromatic carbocycles. The fourth-order valence-corrected chi connectivity index (χ4v) is 4.71. The topological polar surface area (TPSA) is 70.0 Å². The Bertz CT molecular complexity index is 385. The highest BCUT2D eigenvalue weighted by Crippen LogP contribution is 2.27. The van der Waals surface area contributed by atoms with Crippen LogP contribution in [-0.2, 0) is 10.0 Å². The van der Waals surface area contributed by atoms with E-state index in [4.69, 9.17) is 5.26 Å². The summed E-state index contributed by atoms with van der Waals surface area (Å²) < 4.78 is 27.0. The van der Waals surface area contributed by atoms with Crippen LogP contribution < -0.4 is 4.72 Å². The highest BCUT2D eigenvalue weighted by atomic mass is 32.2. The van der Waals surface area contributed by atoms with E-state index in [1.165, 1.54) is 0 Å². The summed E-state index contributed by atoms with van der Waals surface area (Å²) in [6, 6.07) is 2.33. The standard InChI is InChI=1S/C12H20N2O2S/c13-9-10-5-7-11(8-6-10)14-17(15,16)12-3-1-2-4-12/h10-12,14H,1-8H2. The number of hydrogen-bond acceptors (Lipinski definition) is 3. The molecule has 1 N–H and O–H groups in total. The van der Waals surface area contributed by atoms with Gasteiger partial charge in [0.1, 0.15) is 0 Å². The smallest absolute Gasteiger partial charge is 0.212 e. The summed E-state index contributed by atoms with van der Waals surface area (Å²) >= 11 is 0. The molecule has 2 saturated carbocycles. The summed E-state index contributed by atoms with van der Waals surface area (Å²) in [4.78, 5) is 0. The molecule has 0 aliphatic heterocycles. The largest absolute Gasteiger partial charge is 0.214 e. The van der Waals surface area contributed by atoms with Crippen LogP contribution in [0.5, 0.6) is 0 Å². The van der Waals surface area contributed by atoms with Crippen molar-refractivity contribution in [2.24, 2.45) is 5.92 Å². The summed E-state index contributed by atoms with van der Waals surface area (Å²) in [5.41, 5.74) is 0. The number of nitriles is 1. The Balaban J connectivity index is 1.87. The van der Waals surface area contributed by atoms with Crippen molar-refractivity contribution in [3.63, 3.8) is 0 Å². The first-order chi connectivity index (χ1) is 8.12. The Labute approximate surface area is 103 Å². The average Bonchev–Trinajstić information content (AvgIpc) is 2.84. The van der Waals surface area contributed by atoms with Crippen molar-refractivity contribution in [2.45, 2.75) is 62.7 Å². The van der Waals surface area contributed by atoms with Crippen molar-refractivity contribution in [1.82, 2.24) is 4.72 Å².